The number of benzene rings is 1. The van der Waals surface area contributed by atoms with E-state index in [9.17, 15) is 4.79 Å². The van der Waals surface area contributed by atoms with Crippen LogP contribution in [0.4, 0.5) is 0 Å². The second kappa shape index (κ2) is 4.58. The first kappa shape index (κ1) is 10.4. The van der Waals surface area contributed by atoms with Crippen molar-refractivity contribution < 1.29 is 9.53 Å². The second-order valence-electron chi connectivity index (χ2n) is 4.16. The molecule has 0 unspecified atom stereocenters. The Labute approximate surface area is 90.3 Å². The first-order chi connectivity index (χ1) is 7.25. The van der Waals surface area contributed by atoms with Crippen LogP contribution in [0.5, 0.6) is 0 Å². The van der Waals surface area contributed by atoms with Crippen LogP contribution in [0.2, 0.25) is 0 Å². The number of carbonyl (C=O) groups excluding carboxylic acids is 1. The minimum atomic E-state index is 0.0885. The minimum Gasteiger partial charge on any atom is -0.370 e. The maximum atomic E-state index is 11.7. The van der Waals surface area contributed by atoms with E-state index in [1.54, 1.807) is 0 Å². The van der Waals surface area contributed by atoms with E-state index in [4.69, 9.17) is 4.74 Å². The Kier molecular flexibility index (Phi) is 3.17. The number of Topliss-reactive ketones (excluding diaryl/α,β-unsaturated/α-hetero) is 1. The zero-order chi connectivity index (χ0) is 10.7. The zero-order valence-corrected chi connectivity index (χ0v) is 9.03. The SMILES string of the molecule is Cc1cccc(C(=O)COC2CCC2)c1. The van der Waals surface area contributed by atoms with E-state index < -0.39 is 0 Å². The van der Waals surface area contributed by atoms with Crippen LogP contribution in [-0.4, -0.2) is 18.5 Å². The molecular formula is C13H16O2. The van der Waals surface area contributed by atoms with E-state index in [0.29, 0.717) is 6.10 Å². The molecular weight excluding hydrogens is 188 g/mol. The molecule has 80 valence electrons. The van der Waals surface area contributed by atoms with Crippen LogP contribution in [0.15, 0.2) is 24.3 Å². The maximum absolute atomic E-state index is 11.7. The average Bonchev–Trinajstić information content (AvgIpc) is 2.15. The Morgan fingerprint density at radius 1 is 1.47 bits per heavy atom. The summed E-state index contributed by atoms with van der Waals surface area (Å²) in [5.74, 6) is 0.0885. The summed E-state index contributed by atoms with van der Waals surface area (Å²) in [6.45, 7) is 2.22. The first-order valence-electron chi connectivity index (χ1n) is 5.47. The lowest BCUT2D eigenvalue weighted by Gasteiger charge is -2.25. The van der Waals surface area contributed by atoms with Crippen LogP contribution in [0.1, 0.15) is 35.2 Å². The van der Waals surface area contributed by atoms with Gasteiger partial charge < -0.3 is 4.74 Å². The smallest absolute Gasteiger partial charge is 0.188 e. The zero-order valence-electron chi connectivity index (χ0n) is 9.03. The maximum Gasteiger partial charge on any atom is 0.188 e. The summed E-state index contributed by atoms with van der Waals surface area (Å²) in [4.78, 5) is 11.7. The van der Waals surface area contributed by atoms with Gasteiger partial charge in [0.25, 0.3) is 0 Å². The summed E-state index contributed by atoms with van der Waals surface area (Å²) in [7, 11) is 0. The number of rotatable bonds is 4. The van der Waals surface area contributed by atoms with Crippen molar-refractivity contribution in [3.63, 3.8) is 0 Å². The average molecular weight is 204 g/mol. The molecule has 0 spiro atoms. The molecule has 0 saturated heterocycles. The highest BCUT2D eigenvalue weighted by Gasteiger charge is 2.19. The van der Waals surface area contributed by atoms with Crippen molar-refractivity contribution in [2.75, 3.05) is 6.61 Å². The number of carbonyl (C=O) groups is 1. The quantitative estimate of drug-likeness (QED) is 0.705. The van der Waals surface area contributed by atoms with Crippen LogP contribution in [0.3, 0.4) is 0 Å². The van der Waals surface area contributed by atoms with Crippen LogP contribution < -0.4 is 0 Å². The molecule has 15 heavy (non-hydrogen) atoms. The highest BCUT2D eigenvalue weighted by Crippen LogP contribution is 2.21. The molecule has 0 N–H and O–H groups in total. The third-order valence-electron chi connectivity index (χ3n) is 2.84. The fourth-order valence-corrected chi connectivity index (χ4v) is 1.63. The van der Waals surface area contributed by atoms with Crippen molar-refractivity contribution in [3.05, 3.63) is 35.4 Å². The van der Waals surface area contributed by atoms with Crippen molar-refractivity contribution in [2.24, 2.45) is 0 Å². The molecule has 1 aromatic rings. The van der Waals surface area contributed by atoms with Gasteiger partial charge in [-0.15, -0.1) is 0 Å². The van der Waals surface area contributed by atoms with Gasteiger partial charge in [0.1, 0.15) is 6.61 Å². The molecule has 0 atom stereocenters. The molecule has 0 aliphatic heterocycles. The lowest BCUT2D eigenvalue weighted by molar-refractivity contribution is 0.00731. The Hall–Kier alpha value is -1.15. The molecule has 0 bridgehead atoms. The van der Waals surface area contributed by atoms with E-state index in [0.717, 1.165) is 24.0 Å². The van der Waals surface area contributed by atoms with Gasteiger partial charge in [-0.25, -0.2) is 0 Å². The van der Waals surface area contributed by atoms with Crippen LogP contribution in [0.25, 0.3) is 0 Å². The largest absolute Gasteiger partial charge is 0.370 e. The van der Waals surface area contributed by atoms with Crippen LogP contribution in [-0.2, 0) is 4.74 Å². The number of aryl methyl sites for hydroxylation is 1. The van der Waals surface area contributed by atoms with Gasteiger partial charge in [-0.05, 0) is 32.3 Å². The van der Waals surface area contributed by atoms with Crippen LogP contribution >= 0.6 is 0 Å². The van der Waals surface area contributed by atoms with Gasteiger partial charge in [-0.1, -0.05) is 23.8 Å². The molecule has 1 saturated carbocycles. The summed E-state index contributed by atoms with van der Waals surface area (Å²) in [6, 6.07) is 7.65. The van der Waals surface area contributed by atoms with Gasteiger partial charge in [0.05, 0.1) is 6.10 Å². The summed E-state index contributed by atoms with van der Waals surface area (Å²) >= 11 is 0. The van der Waals surface area contributed by atoms with E-state index in [1.165, 1.54) is 6.42 Å². The fraction of sp³-hybridized carbons (Fsp3) is 0.462. The molecule has 1 fully saturated rings. The van der Waals surface area contributed by atoms with Gasteiger partial charge in [0.2, 0.25) is 0 Å². The Morgan fingerprint density at radius 3 is 2.87 bits per heavy atom. The fourth-order valence-electron chi connectivity index (χ4n) is 1.63. The normalized spacial score (nSPS) is 16.1. The minimum absolute atomic E-state index is 0.0885. The lowest BCUT2D eigenvalue weighted by Crippen LogP contribution is -2.24. The van der Waals surface area contributed by atoms with Crippen molar-refractivity contribution in [3.8, 4) is 0 Å². The molecule has 0 amide bonds. The van der Waals surface area contributed by atoms with Crippen LogP contribution in [0, 0.1) is 6.92 Å². The molecule has 1 aromatic carbocycles. The molecule has 2 rings (SSSR count). The molecule has 0 radical (unpaired) electrons. The van der Waals surface area contributed by atoms with Gasteiger partial charge in [0.15, 0.2) is 5.78 Å². The number of hydrogen-bond acceptors (Lipinski definition) is 2. The van der Waals surface area contributed by atoms with Gasteiger partial charge in [-0.3, -0.25) is 4.79 Å². The standard InChI is InChI=1S/C13H16O2/c1-10-4-2-5-11(8-10)13(14)9-15-12-6-3-7-12/h2,4-5,8,12H,3,6-7,9H2,1H3. The van der Waals surface area contributed by atoms with E-state index in [-0.39, 0.29) is 12.4 Å². The molecule has 0 heterocycles. The monoisotopic (exact) mass is 204 g/mol. The highest BCUT2D eigenvalue weighted by atomic mass is 16.5. The van der Waals surface area contributed by atoms with E-state index in [1.807, 2.05) is 31.2 Å². The third-order valence-corrected chi connectivity index (χ3v) is 2.84. The van der Waals surface area contributed by atoms with Gasteiger partial charge in [0, 0.05) is 5.56 Å². The Bertz CT molecular complexity index is 353. The molecule has 0 aromatic heterocycles. The molecule has 1 aliphatic rings. The van der Waals surface area contributed by atoms with E-state index in [2.05, 4.69) is 0 Å². The molecule has 2 heteroatoms. The molecule has 1 aliphatic carbocycles. The van der Waals surface area contributed by atoms with Gasteiger partial charge in [-0.2, -0.15) is 0 Å². The van der Waals surface area contributed by atoms with Gasteiger partial charge >= 0.3 is 0 Å². The first-order valence-corrected chi connectivity index (χ1v) is 5.47. The predicted octanol–water partition coefficient (Wildman–Crippen LogP) is 2.75. The second-order valence-corrected chi connectivity index (χ2v) is 4.16. The van der Waals surface area contributed by atoms with Crippen molar-refractivity contribution >= 4 is 5.78 Å². The Morgan fingerprint density at radius 2 is 2.27 bits per heavy atom. The lowest BCUT2D eigenvalue weighted by atomic mass is 9.96. The summed E-state index contributed by atoms with van der Waals surface area (Å²) < 4.78 is 5.48. The van der Waals surface area contributed by atoms with Crippen molar-refractivity contribution in [2.45, 2.75) is 32.3 Å². The number of ether oxygens (including phenoxy) is 1. The summed E-state index contributed by atoms with van der Waals surface area (Å²) in [6.07, 6.45) is 3.80. The Balaban J connectivity index is 1.89. The summed E-state index contributed by atoms with van der Waals surface area (Å²) in [5, 5.41) is 0. The van der Waals surface area contributed by atoms with Crippen molar-refractivity contribution in [1.29, 1.82) is 0 Å². The number of hydrogen-bond donors (Lipinski definition) is 0. The highest BCUT2D eigenvalue weighted by molar-refractivity contribution is 5.97. The topological polar surface area (TPSA) is 26.3 Å². The summed E-state index contributed by atoms with van der Waals surface area (Å²) in [5.41, 5.74) is 1.87. The predicted molar refractivity (Wildman–Crippen MR) is 59.1 cm³/mol. The third kappa shape index (κ3) is 2.66. The van der Waals surface area contributed by atoms with Crippen molar-refractivity contribution in [1.82, 2.24) is 0 Å². The number of ketones is 1. The molecule has 2 nitrogen and oxygen atoms in total. The van der Waals surface area contributed by atoms with E-state index >= 15 is 0 Å².